The molecule has 2 nitrogen and oxygen atoms in total. The van der Waals surface area contributed by atoms with Crippen LogP contribution >= 0.6 is 0 Å². The third kappa shape index (κ3) is 3.97. The lowest BCUT2D eigenvalue weighted by molar-refractivity contribution is 0.104. The third-order valence-corrected chi connectivity index (χ3v) is 3.28. The molecule has 3 unspecified atom stereocenters. The summed E-state index contributed by atoms with van der Waals surface area (Å²) in [6.45, 7) is 6.29. The zero-order valence-electron chi connectivity index (χ0n) is 9.67. The highest BCUT2D eigenvalue weighted by atomic mass is 16.5. The van der Waals surface area contributed by atoms with Crippen molar-refractivity contribution >= 4 is 0 Å². The summed E-state index contributed by atoms with van der Waals surface area (Å²) in [5, 5.41) is 0. The van der Waals surface area contributed by atoms with Gasteiger partial charge in [0.15, 0.2) is 0 Å². The normalized spacial score (nSPS) is 33.2. The molecule has 0 aliphatic heterocycles. The Balaban J connectivity index is 2.14. The van der Waals surface area contributed by atoms with Crippen molar-refractivity contribution in [1.82, 2.24) is 0 Å². The van der Waals surface area contributed by atoms with Crippen LogP contribution in [0.5, 0.6) is 0 Å². The Labute approximate surface area is 88.2 Å². The molecule has 0 aromatic carbocycles. The number of ether oxygens (including phenoxy) is 1. The lowest BCUT2D eigenvalue weighted by Gasteiger charge is -2.32. The summed E-state index contributed by atoms with van der Waals surface area (Å²) in [5.41, 5.74) is 6.10. The Bertz CT molecular complexity index is 149. The van der Waals surface area contributed by atoms with E-state index in [0.717, 1.165) is 32.0 Å². The molecule has 0 bridgehead atoms. The molecule has 1 aliphatic rings. The van der Waals surface area contributed by atoms with Crippen LogP contribution < -0.4 is 5.73 Å². The summed E-state index contributed by atoms with van der Waals surface area (Å²) < 4.78 is 5.51. The molecule has 1 fully saturated rings. The maximum absolute atomic E-state index is 6.10. The van der Waals surface area contributed by atoms with E-state index in [2.05, 4.69) is 13.8 Å². The highest BCUT2D eigenvalue weighted by molar-refractivity contribution is 4.80. The van der Waals surface area contributed by atoms with Gasteiger partial charge in [-0.25, -0.2) is 0 Å². The molecule has 0 heterocycles. The van der Waals surface area contributed by atoms with Crippen molar-refractivity contribution in [3.05, 3.63) is 0 Å². The zero-order valence-corrected chi connectivity index (χ0v) is 9.67. The molecule has 0 saturated heterocycles. The van der Waals surface area contributed by atoms with Gasteiger partial charge in [0.1, 0.15) is 0 Å². The highest BCUT2D eigenvalue weighted by Crippen LogP contribution is 2.29. The van der Waals surface area contributed by atoms with Crippen LogP contribution in [0.25, 0.3) is 0 Å². The minimum absolute atomic E-state index is 0.427. The van der Waals surface area contributed by atoms with Crippen molar-refractivity contribution in [2.75, 3.05) is 13.2 Å². The van der Waals surface area contributed by atoms with Gasteiger partial charge in [-0.1, -0.05) is 13.8 Å². The molecule has 0 aromatic heterocycles. The van der Waals surface area contributed by atoms with Crippen LogP contribution in [-0.4, -0.2) is 19.3 Å². The van der Waals surface area contributed by atoms with Gasteiger partial charge in [-0.05, 0) is 43.9 Å². The fraction of sp³-hybridized carbons (Fsp3) is 1.00. The second-order valence-electron chi connectivity index (χ2n) is 4.74. The minimum Gasteiger partial charge on any atom is -0.381 e. The quantitative estimate of drug-likeness (QED) is 0.691. The Hall–Kier alpha value is -0.0800. The summed E-state index contributed by atoms with van der Waals surface area (Å²) in [6, 6.07) is 0.427. The van der Waals surface area contributed by atoms with E-state index < -0.39 is 0 Å². The second kappa shape index (κ2) is 6.41. The number of rotatable bonds is 5. The molecule has 1 aliphatic carbocycles. The summed E-state index contributed by atoms with van der Waals surface area (Å²) in [4.78, 5) is 0. The van der Waals surface area contributed by atoms with E-state index in [1.807, 2.05) is 0 Å². The average molecular weight is 199 g/mol. The summed E-state index contributed by atoms with van der Waals surface area (Å²) in [5.74, 6) is 1.57. The highest BCUT2D eigenvalue weighted by Gasteiger charge is 2.25. The van der Waals surface area contributed by atoms with Crippen molar-refractivity contribution in [2.45, 2.75) is 52.0 Å². The van der Waals surface area contributed by atoms with Crippen LogP contribution in [0.2, 0.25) is 0 Å². The molecule has 1 rings (SSSR count). The molecule has 2 N–H and O–H groups in total. The molecule has 1 saturated carbocycles. The van der Waals surface area contributed by atoms with Gasteiger partial charge < -0.3 is 10.5 Å². The van der Waals surface area contributed by atoms with E-state index in [1.165, 1.54) is 19.3 Å². The first kappa shape index (κ1) is 12.0. The van der Waals surface area contributed by atoms with Crippen LogP contribution in [0.1, 0.15) is 46.0 Å². The molecule has 0 radical (unpaired) electrons. The monoisotopic (exact) mass is 199 g/mol. The van der Waals surface area contributed by atoms with E-state index in [4.69, 9.17) is 10.5 Å². The first-order valence-electron chi connectivity index (χ1n) is 6.07. The van der Waals surface area contributed by atoms with E-state index in [0.29, 0.717) is 12.0 Å². The van der Waals surface area contributed by atoms with Crippen LogP contribution in [0.3, 0.4) is 0 Å². The minimum atomic E-state index is 0.427. The molecule has 0 amide bonds. The zero-order chi connectivity index (χ0) is 10.4. The van der Waals surface area contributed by atoms with E-state index >= 15 is 0 Å². The van der Waals surface area contributed by atoms with Gasteiger partial charge in [0.25, 0.3) is 0 Å². The number of nitrogens with two attached hydrogens (primary N) is 1. The standard InChI is InChI=1S/C12H25NO/c1-3-7-14-8-6-11-9-10(2)4-5-12(11)13/h10-12H,3-9,13H2,1-2H3. The molecular weight excluding hydrogens is 174 g/mol. The topological polar surface area (TPSA) is 35.2 Å². The van der Waals surface area contributed by atoms with Crippen molar-refractivity contribution in [3.63, 3.8) is 0 Å². The van der Waals surface area contributed by atoms with Gasteiger partial charge in [-0.2, -0.15) is 0 Å². The summed E-state index contributed by atoms with van der Waals surface area (Å²) in [7, 11) is 0. The van der Waals surface area contributed by atoms with Crippen LogP contribution in [-0.2, 0) is 4.74 Å². The molecule has 3 atom stereocenters. The fourth-order valence-electron chi connectivity index (χ4n) is 2.34. The van der Waals surface area contributed by atoms with Crippen molar-refractivity contribution < 1.29 is 4.74 Å². The van der Waals surface area contributed by atoms with Crippen LogP contribution in [0.15, 0.2) is 0 Å². The smallest absolute Gasteiger partial charge is 0.0469 e. The van der Waals surface area contributed by atoms with E-state index in [1.54, 1.807) is 0 Å². The van der Waals surface area contributed by atoms with Crippen molar-refractivity contribution in [3.8, 4) is 0 Å². The van der Waals surface area contributed by atoms with Gasteiger partial charge in [-0.3, -0.25) is 0 Å². The van der Waals surface area contributed by atoms with Crippen LogP contribution in [0, 0.1) is 11.8 Å². The first-order valence-corrected chi connectivity index (χ1v) is 6.07. The number of hydrogen-bond acceptors (Lipinski definition) is 2. The first-order chi connectivity index (χ1) is 6.74. The summed E-state index contributed by atoms with van der Waals surface area (Å²) in [6.07, 6.45) is 6.10. The average Bonchev–Trinajstić information content (AvgIpc) is 2.18. The van der Waals surface area contributed by atoms with Gasteiger partial charge in [0.2, 0.25) is 0 Å². The largest absolute Gasteiger partial charge is 0.381 e. The molecule has 0 spiro atoms. The molecular formula is C12H25NO. The van der Waals surface area contributed by atoms with E-state index in [9.17, 15) is 0 Å². The Morgan fingerprint density at radius 1 is 1.29 bits per heavy atom. The summed E-state index contributed by atoms with van der Waals surface area (Å²) >= 11 is 0. The second-order valence-corrected chi connectivity index (χ2v) is 4.74. The molecule has 84 valence electrons. The maximum Gasteiger partial charge on any atom is 0.0469 e. The fourth-order valence-corrected chi connectivity index (χ4v) is 2.34. The van der Waals surface area contributed by atoms with Crippen molar-refractivity contribution in [1.29, 1.82) is 0 Å². The van der Waals surface area contributed by atoms with Crippen molar-refractivity contribution in [2.24, 2.45) is 17.6 Å². The predicted octanol–water partition coefficient (Wildman–Crippen LogP) is 2.57. The number of hydrogen-bond donors (Lipinski definition) is 1. The molecule has 2 heteroatoms. The van der Waals surface area contributed by atoms with Gasteiger partial charge in [0, 0.05) is 19.3 Å². The lowest BCUT2D eigenvalue weighted by atomic mass is 9.78. The SMILES string of the molecule is CCCOCCC1CC(C)CCC1N. The maximum atomic E-state index is 6.10. The van der Waals surface area contributed by atoms with Crippen LogP contribution in [0.4, 0.5) is 0 Å². The van der Waals surface area contributed by atoms with Gasteiger partial charge >= 0.3 is 0 Å². The Kier molecular flexibility index (Phi) is 5.49. The lowest BCUT2D eigenvalue weighted by Crippen LogP contribution is -2.36. The third-order valence-electron chi connectivity index (χ3n) is 3.28. The molecule has 14 heavy (non-hydrogen) atoms. The molecule has 0 aromatic rings. The van der Waals surface area contributed by atoms with E-state index in [-0.39, 0.29) is 0 Å². The van der Waals surface area contributed by atoms with Gasteiger partial charge in [-0.15, -0.1) is 0 Å². The Morgan fingerprint density at radius 2 is 2.07 bits per heavy atom. The predicted molar refractivity (Wildman–Crippen MR) is 60.2 cm³/mol. The van der Waals surface area contributed by atoms with Gasteiger partial charge in [0.05, 0.1) is 0 Å². The Morgan fingerprint density at radius 3 is 2.79 bits per heavy atom.